The molecule has 0 aliphatic rings. The zero-order valence-corrected chi connectivity index (χ0v) is 20.6. The van der Waals surface area contributed by atoms with Gasteiger partial charge in [0, 0.05) is 16.5 Å². The summed E-state index contributed by atoms with van der Waals surface area (Å²) in [4.78, 5) is 14.6. The van der Waals surface area contributed by atoms with Gasteiger partial charge in [0.25, 0.3) is 0 Å². The van der Waals surface area contributed by atoms with E-state index in [0.29, 0.717) is 13.0 Å². The van der Waals surface area contributed by atoms with Gasteiger partial charge in [-0.15, -0.1) is 0 Å². The van der Waals surface area contributed by atoms with Crippen LogP contribution in [0.1, 0.15) is 16.7 Å². The van der Waals surface area contributed by atoms with Crippen molar-refractivity contribution in [3.63, 3.8) is 0 Å². The number of ether oxygens (including phenoxy) is 1. The molecule has 0 aliphatic carbocycles. The van der Waals surface area contributed by atoms with E-state index in [2.05, 4.69) is 24.0 Å². The maximum atomic E-state index is 14.6. The van der Waals surface area contributed by atoms with Crippen LogP contribution in [0.15, 0.2) is 140 Å². The quantitative estimate of drug-likeness (QED) is 0.220. The van der Waals surface area contributed by atoms with Crippen LogP contribution < -0.4 is 10.1 Å². The molecular formula is C34H29NO2. The molecule has 5 aromatic rings. The summed E-state index contributed by atoms with van der Waals surface area (Å²) in [5.41, 5.74) is 2.78. The molecule has 0 atom stereocenters. The highest BCUT2D eigenvalue weighted by Gasteiger charge is 2.42. The first-order valence-corrected chi connectivity index (χ1v) is 12.4. The van der Waals surface area contributed by atoms with Crippen molar-refractivity contribution in [2.24, 2.45) is 0 Å². The van der Waals surface area contributed by atoms with Crippen molar-refractivity contribution in [1.29, 1.82) is 0 Å². The summed E-state index contributed by atoms with van der Waals surface area (Å²) in [6.07, 6.45) is 2.24. The van der Waals surface area contributed by atoms with E-state index in [1.54, 1.807) is 6.08 Å². The zero-order chi connectivity index (χ0) is 25.5. The van der Waals surface area contributed by atoms with Gasteiger partial charge in [0.05, 0.1) is 0 Å². The molecule has 1 amide bonds. The van der Waals surface area contributed by atoms with Crippen molar-refractivity contribution < 1.29 is 9.53 Å². The molecule has 0 aliphatic heterocycles. The van der Waals surface area contributed by atoms with Crippen molar-refractivity contribution in [2.75, 3.05) is 11.9 Å². The van der Waals surface area contributed by atoms with Gasteiger partial charge in [-0.25, -0.2) is 0 Å². The Morgan fingerprint density at radius 2 is 1.24 bits per heavy atom. The lowest BCUT2D eigenvalue weighted by molar-refractivity contribution is -0.120. The molecule has 0 saturated heterocycles. The van der Waals surface area contributed by atoms with Crippen molar-refractivity contribution in [3.05, 3.63) is 157 Å². The van der Waals surface area contributed by atoms with Gasteiger partial charge in [-0.05, 0) is 35.2 Å². The van der Waals surface area contributed by atoms with Gasteiger partial charge in [0.2, 0.25) is 5.91 Å². The van der Waals surface area contributed by atoms with Crippen LogP contribution >= 0.6 is 0 Å². The Bertz CT molecular complexity index is 1460. The third-order valence-electron chi connectivity index (χ3n) is 6.72. The minimum atomic E-state index is -0.941. The molecule has 3 heteroatoms. The smallest absolute Gasteiger partial charge is 0.239 e. The number of carbonyl (C=O) groups is 1. The van der Waals surface area contributed by atoms with Gasteiger partial charge < -0.3 is 10.1 Å². The van der Waals surface area contributed by atoms with Crippen LogP contribution in [-0.4, -0.2) is 12.5 Å². The lowest BCUT2D eigenvalue weighted by Gasteiger charge is -2.34. The molecule has 0 bridgehead atoms. The van der Waals surface area contributed by atoms with Gasteiger partial charge in [0.1, 0.15) is 17.8 Å². The lowest BCUT2D eigenvalue weighted by Crippen LogP contribution is -2.43. The summed E-state index contributed by atoms with van der Waals surface area (Å²) in [6, 6.07) is 42.1. The predicted octanol–water partition coefficient (Wildman–Crippen LogP) is 7.57. The number of nitrogens with one attached hydrogen (secondary N) is 1. The van der Waals surface area contributed by atoms with E-state index in [0.717, 1.165) is 38.9 Å². The summed E-state index contributed by atoms with van der Waals surface area (Å²) in [5.74, 6) is 0.675. The number of anilines is 1. The van der Waals surface area contributed by atoms with Crippen LogP contribution in [0.3, 0.4) is 0 Å². The van der Waals surface area contributed by atoms with E-state index in [1.807, 2.05) is 115 Å². The number of amides is 1. The number of carbonyl (C=O) groups excluding carboxylic acids is 1. The maximum Gasteiger partial charge on any atom is 0.239 e. The minimum Gasteiger partial charge on any atom is -0.489 e. The molecule has 0 spiro atoms. The SMILES string of the molecule is C=CCOc1ccc(NC(=O)C(Cc2ccccc2)(c2ccccc2)c2ccccc2)c2ccccc12. The zero-order valence-electron chi connectivity index (χ0n) is 20.6. The molecule has 182 valence electrons. The van der Waals surface area contributed by atoms with Gasteiger partial charge in [-0.2, -0.15) is 0 Å². The summed E-state index contributed by atoms with van der Waals surface area (Å²) in [6.45, 7) is 4.16. The average molecular weight is 484 g/mol. The van der Waals surface area contributed by atoms with E-state index in [-0.39, 0.29) is 5.91 Å². The van der Waals surface area contributed by atoms with Gasteiger partial charge in [0.15, 0.2) is 0 Å². The van der Waals surface area contributed by atoms with Crippen LogP contribution in [0.2, 0.25) is 0 Å². The molecular weight excluding hydrogens is 454 g/mol. The van der Waals surface area contributed by atoms with E-state index in [9.17, 15) is 4.79 Å². The molecule has 1 N–H and O–H groups in total. The first-order chi connectivity index (χ1) is 18.2. The van der Waals surface area contributed by atoms with Crippen molar-refractivity contribution in [2.45, 2.75) is 11.8 Å². The largest absolute Gasteiger partial charge is 0.489 e. The number of rotatable bonds is 9. The lowest BCUT2D eigenvalue weighted by atomic mass is 9.69. The Labute approximate surface area is 218 Å². The molecule has 37 heavy (non-hydrogen) atoms. The highest BCUT2D eigenvalue weighted by molar-refractivity contribution is 6.08. The number of fused-ring (bicyclic) bond motifs is 1. The fourth-order valence-electron chi connectivity index (χ4n) is 4.94. The van der Waals surface area contributed by atoms with E-state index < -0.39 is 5.41 Å². The van der Waals surface area contributed by atoms with Crippen LogP contribution in [0.4, 0.5) is 5.69 Å². The highest BCUT2D eigenvalue weighted by Crippen LogP contribution is 2.39. The second-order valence-electron chi connectivity index (χ2n) is 9.01. The second kappa shape index (κ2) is 11.0. The van der Waals surface area contributed by atoms with Gasteiger partial charge >= 0.3 is 0 Å². The summed E-state index contributed by atoms with van der Waals surface area (Å²) < 4.78 is 5.88. The molecule has 3 nitrogen and oxygen atoms in total. The fraction of sp³-hybridized carbons (Fsp3) is 0.0882. The number of hydrogen-bond donors (Lipinski definition) is 1. The summed E-state index contributed by atoms with van der Waals surface area (Å²) >= 11 is 0. The topological polar surface area (TPSA) is 38.3 Å². The standard InChI is InChI=1S/C34H29NO2/c1-2-24-37-32-23-22-31(29-20-12-13-21-30(29)32)35-33(36)34(27-16-8-4-9-17-27,28-18-10-5-11-19-28)25-26-14-6-3-7-15-26/h2-23H,1,24-25H2,(H,35,36). The van der Waals surface area contributed by atoms with E-state index >= 15 is 0 Å². The van der Waals surface area contributed by atoms with Gasteiger partial charge in [-0.1, -0.05) is 128 Å². The third kappa shape index (κ3) is 4.89. The number of benzene rings is 5. The van der Waals surface area contributed by atoms with Crippen LogP contribution in [0.25, 0.3) is 10.8 Å². The average Bonchev–Trinajstić information content (AvgIpc) is 2.97. The summed E-state index contributed by atoms with van der Waals surface area (Å²) in [7, 11) is 0. The first kappa shape index (κ1) is 24.1. The van der Waals surface area contributed by atoms with Crippen LogP contribution in [0, 0.1) is 0 Å². The Kier molecular flexibility index (Phi) is 7.14. The van der Waals surface area contributed by atoms with E-state index in [4.69, 9.17) is 4.74 Å². The molecule has 0 aromatic heterocycles. The van der Waals surface area contributed by atoms with Crippen LogP contribution in [0.5, 0.6) is 5.75 Å². The molecule has 5 rings (SSSR count). The molecule has 0 heterocycles. The highest BCUT2D eigenvalue weighted by atomic mass is 16.5. The second-order valence-corrected chi connectivity index (χ2v) is 9.01. The van der Waals surface area contributed by atoms with Crippen LogP contribution in [-0.2, 0) is 16.6 Å². The molecule has 5 aromatic carbocycles. The maximum absolute atomic E-state index is 14.6. The Morgan fingerprint density at radius 3 is 1.84 bits per heavy atom. The van der Waals surface area contributed by atoms with E-state index in [1.165, 1.54) is 0 Å². The molecule has 0 unspecified atom stereocenters. The normalized spacial score (nSPS) is 11.1. The minimum absolute atomic E-state index is 0.0846. The van der Waals surface area contributed by atoms with Crippen molar-refractivity contribution in [3.8, 4) is 5.75 Å². The van der Waals surface area contributed by atoms with Crippen molar-refractivity contribution >= 4 is 22.4 Å². The van der Waals surface area contributed by atoms with Gasteiger partial charge in [-0.3, -0.25) is 4.79 Å². The Morgan fingerprint density at radius 1 is 0.703 bits per heavy atom. The number of hydrogen-bond acceptors (Lipinski definition) is 2. The third-order valence-corrected chi connectivity index (χ3v) is 6.72. The Balaban J connectivity index is 1.65. The first-order valence-electron chi connectivity index (χ1n) is 12.4. The molecule has 0 fully saturated rings. The Hall–Kier alpha value is -4.63. The molecule has 0 saturated carbocycles. The summed E-state index contributed by atoms with van der Waals surface area (Å²) in [5, 5.41) is 5.18. The monoisotopic (exact) mass is 483 g/mol. The van der Waals surface area contributed by atoms with Crippen molar-refractivity contribution in [1.82, 2.24) is 0 Å². The molecule has 0 radical (unpaired) electrons. The predicted molar refractivity (Wildman–Crippen MR) is 152 cm³/mol. The fourth-order valence-corrected chi connectivity index (χ4v) is 4.94.